The van der Waals surface area contributed by atoms with Crippen LogP contribution in [-0.2, 0) is 9.59 Å². The van der Waals surface area contributed by atoms with Gasteiger partial charge >= 0.3 is 0 Å². The minimum Gasteiger partial charge on any atom is -0.341 e. The van der Waals surface area contributed by atoms with Crippen LogP contribution in [0.3, 0.4) is 0 Å². The molecular weight excluding hydrogens is 402 g/mol. The SMILES string of the molecule is CC(c1ccccc1)N1CC(C(=O)N2CCCN(c3nc4ccccc4[nH]3)CC2)CC1=O. The number of benzene rings is 2. The summed E-state index contributed by atoms with van der Waals surface area (Å²) in [6, 6.07) is 18.0. The molecule has 0 bridgehead atoms. The fourth-order valence-corrected chi connectivity index (χ4v) is 4.88. The second-order valence-electron chi connectivity index (χ2n) is 8.78. The molecule has 32 heavy (non-hydrogen) atoms. The van der Waals surface area contributed by atoms with E-state index < -0.39 is 0 Å². The molecule has 7 heteroatoms. The summed E-state index contributed by atoms with van der Waals surface area (Å²) < 4.78 is 0. The highest BCUT2D eigenvalue weighted by molar-refractivity contribution is 5.89. The summed E-state index contributed by atoms with van der Waals surface area (Å²) in [5.74, 6) is 0.775. The Morgan fingerprint density at radius 3 is 2.62 bits per heavy atom. The smallest absolute Gasteiger partial charge is 0.228 e. The molecule has 3 aromatic rings. The van der Waals surface area contributed by atoms with Crippen LogP contribution in [-0.4, -0.2) is 64.3 Å². The Balaban J connectivity index is 1.23. The predicted molar refractivity (Wildman–Crippen MR) is 124 cm³/mol. The van der Waals surface area contributed by atoms with Crippen molar-refractivity contribution < 1.29 is 9.59 Å². The molecule has 2 unspecified atom stereocenters. The Hall–Kier alpha value is -3.35. The number of H-pyrrole nitrogens is 1. The molecule has 1 N–H and O–H groups in total. The standard InChI is InChI=1S/C25H29N5O2/c1-18(19-8-3-2-4-9-19)30-17-20(16-23(30)31)24(32)28-12-7-13-29(15-14-28)25-26-21-10-5-6-11-22(21)27-25/h2-6,8-11,18,20H,7,12-17H2,1H3,(H,26,27). The van der Waals surface area contributed by atoms with Crippen LogP contribution in [0.1, 0.15) is 31.4 Å². The van der Waals surface area contributed by atoms with Crippen LogP contribution in [0.2, 0.25) is 0 Å². The van der Waals surface area contributed by atoms with E-state index in [0.717, 1.165) is 42.1 Å². The van der Waals surface area contributed by atoms with Gasteiger partial charge in [0.15, 0.2) is 0 Å². The summed E-state index contributed by atoms with van der Waals surface area (Å²) in [5.41, 5.74) is 3.08. The maximum Gasteiger partial charge on any atom is 0.228 e. The van der Waals surface area contributed by atoms with Gasteiger partial charge in [-0.05, 0) is 31.0 Å². The number of nitrogens with zero attached hydrogens (tertiary/aromatic N) is 4. The lowest BCUT2D eigenvalue weighted by molar-refractivity contribution is -0.135. The molecule has 0 aliphatic carbocycles. The number of carbonyl (C=O) groups is 2. The van der Waals surface area contributed by atoms with Crippen molar-refractivity contribution in [3.05, 3.63) is 60.2 Å². The van der Waals surface area contributed by atoms with Gasteiger partial charge in [-0.3, -0.25) is 9.59 Å². The number of fused-ring (bicyclic) bond motifs is 1. The molecule has 5 rings (SSSR count). The molecular formula is C25H29N5O2. The van der Waals surface area contributed by atoms with Crippen molar-refractivity contribution in [1.29, 1.82) is 0 Å². The van der Waals surface area contributed by atoms with Crippen molar-refractivity contribution in [3.63, 3.8) is 0 Å². The number of nitrogens with one attached hydrogen (secondary N) is 1. The third kappa shape index (κ3) is 3.95. The van der Waals surface area contributed by atoms with Gasteiger partial charge in [-0.1, -0.05) is 42.5 Å². The van der Waals surface area contributed by atoms with Gasteiger partial charge in [-0.25, -0.2) is 4.98 Å². The number of aromatic amines is 1. The Labute approximate surface area is 188 Å². The van der Waals surface area contributed by atoms with Gasteiger partial charge in [0, 0.05) is 39.1 Å². The second kappa shape index (κ2) is 8.65. The topological polar surface area (TPSA) is 72.5 Å². The molecule has 2 aromatic carbocycles. The van der Waals surface area contributed by atoms with Gasteiger partial charge in [0.25, 0.3) is 0 Å². The highest BCUT2D eigenvalue weighted by atomic mass is 16.2. The maximum atomic E-state index is 13.3. The van der Waals surface area contributed by atoms with E-state index in [1.54, 1.807) is 0 Å². The molecule has 2 saturated heterocycles. The van der Waals surface area contributed by atoms with Crippen LogP contribution >= 0.6 is 0 Å². The van der Waals surface area contributed by atoms with Gasteiger partial charge in [0.1, 0.15) is 0 Å². The van der Waals surface area contributed by atoms with Gasteiger partial charge < -0.3 is 19.7 Å². The fraction of sp³-hybridized carbons (Fsp3) is 0.400. The lowest BCUT2D eigenvalue weighted by Gasteiger charge is -2.27. The number of hydrogen-bond donors (Lipinski definition) is 1. The lowest BCUT2D eigenvalue weighted by Crippen LogP contribution is -2.40. The van der Waals surface area contributed by atoms with Crippen LogP contribution in [0, 0.1) is 5.92 Å². The summed E-state index contributed by atoms with van der Waals surface area (Å²) >= 11 is 0. The van der Waals surface area contributed by atoms with E-state index in [1.165, 1.54) is 0 Å². The van der Waals surface area contributed by atoms with E-state index in [4.69, 9.17) is 4.98 Å². The van der Waals surface area contributed by atoms with Crippen molar-refractivity contribution >= 4 is 28.8 Å². The highest BCUT2D eigenvalue weighted by Crippen LogP contribution is 2.29. The van der Waals surface area contributed by atoms with Crippen molar-refractivity contribution in [1.82, 2.24) is 19.8 Å². The van der Waals surface area contributed by atoms with E-state index in [1.807, 2.05) is 71.3 Å². The number of anilines is 1. The summed E-state index contributed by atoms with van der Waals surface area (Å²) in [6.07, 6.45) is 1.19. The number of para-hydroxylation sites is 2. The average molecular weight is 432 g/mol. The molecule has 0 spiro atoms. The Kier molecular flexibility index (Phi) is 5.55. The molecule has 0 saturated carbocycles. The van der Waals surface area contributed by atoms with E-state index in [9.17, 15) is 9.59 Å². The van der Waals surface area contributed by atoms with E-state index in [-0.39, 0.29) is 23.8 Å². The zero-order chi connectivity index (χ0) is 22.1. The van der Waals surface area contributed by atoms with Crippen LogP contribution in [0.5, 0.6) is 0 Å². The first-order valence-electron chi connectivity index (χ1n) is 11.4. The van der Waals surface area contributed by atoms with E-state index >= 15 is 0 Å². The average Bonchev–Trinajstić information content (AvgIpc) is 3.34. The molecule has 2 aliphatic heterocycles. The largest absolute Gasteiger partial charge is 0.341 e. The minimum absolute atomic E-state index is 0.0192. The molecule has 2 fully saturated rings. The third-order valence-electron chi connectivity index (χ3n) is 6.74. The number of aromatic nitrogens is 2. The Morgan fingerprint density at radius 2 is 1.81 bits per heavy atom. The first-order chi connectivity index (χ1) is 15.6. The molecule has 0 radical (unpaired) electrons. The Bertz CT molecular complexity index is 1080. The van der Waals surface area contributed by atoms with Crippen molar-refractivity contribution in [3.8, 4) is 0 Å². The number of amides is 2. The van der Waals surface area contributed by atoms with Crippen LogP contribution in [0.25, 0.3) is 11.0 Å². The quantitative estimate of drug-likeness (QED) is 0.689. The van der Waals surface area contributed by atoms with Crippen LogP contribution < -0.4 is 4.90 Å². The van der Waals surface area contributed by atoms with Crippen LogP contribution in [0.15, 0.2) is 54.6 Å². The lowest BCUT2D eigenvalue weighted by atomic mass is 10.1. The summed E-state index contributed by atoms with van der Waals surface area (Å²) in [4.78, 5) is 40.1. The highest BCUT2D eigenvalue weighted by Gasteiger charge is 2.39. The van der Waals surface area contributed by atoms with Gasteiger partial charge in [0.05, 0.1) is 23.0 Å². The molecule has 166 valence electrons. The third-order valence-corrected chi connectivity index (χ3v) is 6.74. The van der Waals surface area contributed by atoms with Gasteiger partial charge in [-0.15, -0.1) is 0 Å². The second-order valence-corrected chi connectivity index (χ2v) is 8.78. The molecule has 2 aliphatic rings. The minimum atomic E-state index is -0.258. The van der Waals surface area contributed by atoms with E-state index in [2.05, 4.69) is 9.88 Å². The molecule has 7 nitrogen and oxygen atoms in total. The monoisotopic (exact) mass is 431 g/mol. The number of rotatable bonds is 4. The number of carbonyl (C=O) groups excluding carboxylic acids is 2. The molecule has 3 heterocycles. The molecule has 2 atom stereocenters. The summed E-state index contributed by atoms with van der Waals surface area (Å²) in [6.45, 7) is 5.48. The van der Waals surface area contributed by atoms with E-state index in [0.29, 0.717) is 26.1 Å². The predicted octanol–water partition coefficient (Wildman–Crippen LogP) is 3.21. The van der Waals surface area contributed by atoms with Crippen LogP contribution in [0.4, 0.5) is 5.95 Å². The van der Waals surface area contributed by atoms with Gasteiger partial charge in [-0.2, -0.15) is 0 Å². The summed E-state index contributed by atoms with van der Waals surface area (Å²) in [7, 11) is 0. The molecule has 2 amide bonds. The Morgan fingerprint density at radius 1 is 1.03 bits per heavy atom. The first-order valence-corrected chi connectivity index (χ1v) is 11.4. The normalized spacial score (nSPS) is 20.6. The van der Waals surface area contributed by atoms with Gasteiger partial charge in [0.2, 0.25) is 17.8 Å². The van der Waals surface area contributed by atoms with Crippen molar-refractivity contribution in [2.24, 2.45) is 5.92 Å². The zero-order valence-corrected chi connectivity index (χ0v) is 18.4. The van der Waals surface area contributed by atoms with Crippen molar-refractivity contribution in [2.45, 2.75) is 25.8 Å². The summed E-state index contributed by atoms with van der Waals surface area (Å²) in [5, 5.41) is 0. The fourth-order valence-electron chi connectivity index (χ4n) is 4.88. The number of likely N-dealkylation sites (tertiary alicyclic amines) is 1. The molecule has 1 aromatic heterocycles. The zero-order valence-electron chi connectivity index (χ0n) is 18.4. The first kappa shape index (κ1) is 20.5. The number of imidazole rings is 1. The van der Waals surface area contributed by atoms with Crippen molar-refractivity contribution in [2.75, 3.05) is 37.6 Å². The maximum absolute atomic E-state index is 13.3. The number of hydrogen-bond acceptors (Lipinski definition) is 4.